The summed E-state index contributed by atoms with van der Waals surface area (Å²) in [6.45, 7) is 1.75. The Hall–Kier alpha value is -2.89. The van der Waals surface area contributed by atoms with Crippen LogP contribution in [0.3, 0.4) is 0 Å². The second kappa shape index (κ2) is 6.04. The van der Waals surface area contributed by atoms with E-state index in [1.165, 1.54) is 36.4 Å². The van der Waals surface area contributed by atoms with Gasteiger partial charge in [0.1, 0.15) is 5.82 Å². The standard InChI is InChI=1S/C15H13FN2O3/c1-9-2-7-13(12(16)8-9)18-15(21)17-11-5-3-10(4-6-11)14(19)20/h2-8H,1H3,(H,19,20)(H2,17,18,21). The van der Waals surface area contributed by atoms with Gasteiger partial charge in [-0.05, 0) is 48.9 Å². The molecule has 0 heterocycles. The Morgan fingerprint density at radius 2 is 1.71 bits per heavy atom. The van der Waals surface area contributed by atoms with E-state index in [4.69, 9.17) is 5.11 Å². The zero-order valence-electron chi connectivity index (χ0n) is 11.2. The first kappa shape index (κ1) is 14.5. The van der Waals surface area contributed by atoms with Gasteiger partial charge in [0.15, 0.2) is 0 Å². The summed E-state index contributed by atoms with van der Waals surface area (Å²) in [4.78, 5) is 22.4. The number of carboxylic acids is 1. The van der Waals surface area contributed by atoms with Crippen molar-refractivity contribution in [3.05, 3.63) is 59.4 Å². The van der Waals surface area contributed by atoms with Crippen LogP contribution in [0.4, 0.5) is 20.6 Å². The van der Waals surface area contributed by atoms with Gasteiger partial charge >= 0.3 is 12.0 Å². The average Bonchev–Trinajstić information content (AvgIpc) is 2.42. The molecule has 0 aromatic heterocycles. The zero-order valence-corrected chi connectivity index (χ0v) is 11.2. The van der Waals surface area contributed by atoms with E-state index in [1.807, 2.05) is 0 Å². The quantitative estimate of drug-likeness (QED) is 0.809. The van der Waals surface area contributed by atoms with E-state index >= 15 is 0 Å². The lowest BCUT2D eigenvalue weighted by Crippen LogP contribution is -2.20. The molecule has 21 heavy (non-hydrogen) atoms. The van der Waals surface area contributed by atoms with E-state index < -0.39 is 17.8 Å². The fraction of sp³-hybridized carbons (Fsp3) is 0.0667. The number of carbonyl (C=O) groups excluding carboxylic acids is 1. The van der Waals surface area contributed by atoms with Gasteiger partial charge in [0.2, 0.25) is 0 Å². The highest BCUT2D eigenvalue weighted by atomic mass is 19.1. The molecular formula is C15H13FN2O3. The van der Waals surface area contributed by atoms with E-state index in [0.717, 1.165) is 5.56 Å². The average molecular weight is 288 g/mol. The van der Waals surface area contributed by atoms with Gasteiger partial charge in [-0.15, -0.1) is 0 Å². The van der Waals surface area contributed by atoms with Crippen LogP contribution in [0.5, 0.6) is 0 Å². The van der Waals surface area contributed by atoms with Gasteiger partial charge in [-0.25, -0.2) is 14.0 Å². The molecule has 2 amide bonds. The second-order valence-electron chi connectivity index (χ2n) is 4.44. The predicted octanol–water partition coefficient (Wildman–Crippen LogP) is 3.48. The maximum absolute atomic E-state index is 13.6. The molecule has 0 spiro atoms. The van der Waals surface area contributed by atoms with Crippen molar-refractivity contribution >= 4 is 23.4 Å². The second-order valence-corrected chi connectivity index (χ2v) is 4.44. The minimum atomic E-state index is -1.05. The molecule has 3 N–H and O–H groups in total. The van der Waals surface area contributed by atoms with Crippen molar-refractivity contribution < 1.29 is 19.1 Å². The van der Waals surface area contributed by atoms with Crippen molar-refractivity contribution in [3.63, 3.8) is 0 Å². The third kappa shape index (κ3) is 3.79. The van der Waals surface area contributed by atoms with Crippen molar-refractivity contribution in [2.75, 3.05) is 10.6 Å². The van der Waals surface area contributed by atoms with Gasteiger partial charge in [-0.3, -0.25) is 0 Å². The maximum atomic E-state index is 13.6. The number of anilines is 2. The molecule has 2 aromatic rings. The van der Waals surface area contributed by atoms with Crippen LogP contribution in [0.25, 0.3) is 0 Å². The molecule has 6 heteroatoms. The number of benzene rings is 2. The number of hydrogen-bond donors (Lipinski definition) is 3. The first-order valence-electron chi connectivity index (χ1n) is 6.13. The highest BCUT2D eigenvalue weighted by Crippen LogP contribution is 2.16. The molecular weight excluding hydrogens is 275 g/mol. The molecule has 2 aromatic carbocycles. The fourth-order valence-corrected chi connectivity index (χ4v) is 1.70. The van der Waals surface area contributed by atoms with Gasteiger partial charge in [0, 0.05) is 5.69 Å². The van der Waals surface area contributed by atoms with Crippen molar-refractivity contribution in [1.82, 2.24) is 0 Å². The number of rotatable bonds is 3. The molecule has 0 radical (unpaired) electrons. The van der Waals surface area contributed by atoms with Crippen LogP contribution in [0.2, 0.25) is 0 Å². The Morgan fingerprint density at radius 3 is 2.29 bits per heavy atom. The molecule has 108 valence electrons. The topological polar surface area (TPSA) is 78.4 Å². The molecule has 0 saturated carbocycles. The number of carboxylic acid groups (broad SMARTS) is 1. The molecule has 0 aliphatic heterocycles. The minimum absolute atomic E-state index is 0.0697. The van der Waals surface area contributed by atoms with Crippen LogP contribution in [-0.2, 0) is 0 Å². The molecule has 0 bridgehead atoms. The van der Waals surface area contributed by atoms with Gasteiger partial charge in [-0.2, -0.15) is 0 Å². The molecule has 5 nitrogen and oxygen atoms in total. The third-order valence-electron chi connectivity index (χ3n) is 2.76. The number of halogens is 1. The lowest BCUT2D eigenvalue weighted by molar-refractivity contribution is 0.0697. The Balaban J connectivity index is 2.02. The Labute approximate surface area is 120 Å². The molecule has 2 rings (SSSR count). The number of aromatic carboxylic acids is 1. The maximum Gasteiger partial charge on any atom is 0.335 e. The number of carbonyl (C=O) groups is 2. The largest absolute Gasteiger partial charge is 0.478 e. The summed E-state index contributed by atoms with van der Waals surface area (Å²) >= 11 is 0. The Kier molecular flexibility index (Phi) is 4.18. The smallest absolute Gasteiger partial charge is 0.335 e. The van der Waals surface area contributed by atoms with Gasteiger partial charge < -0.3 is 15.7 Å². The molecule has 0 atom stereocenters. The highest BCUT2D eigenvalue weighted by molar-refractivity contribution is 6.00. The van der Waals surface area contributed by atoms with E-state index in [0.29, 0.717) is 5.69 Å². The van der Waals surface area contributed by atoms with Crippen molar-refractivity contribution in [1.29, 1.82) is 0 Å². The van der Waals surface area contributed by atoms with Crippen LogP contribution in [0.1, 0.15) is 15.9 Å². The SMILES string of the molecule is Cc1ccc(NC(=O)Nc2ccc(C(=O)O)cc2)c(F)c1. The molecule has 0 saturated heterocycles. The van der Waals surface area contributed by atoms with E-state index in [1.54, 1.807) is 13.0 Å². The van der Waals surface area contributed by atoms with Gasteiger partial charge in [0.05, 0.1) is 11.3 Å². The van der Waals surface area contributed by atoms with Crippen molar-refractivity contribution in [2.24, 2.45) is 0 Å². The van der Waals surface area contributed by atoms with E-state index in [-0.39, 0.29) is 11.3 Å². The Morgan fingerprint density at radius 1 is 1.05 bits per heavy atom. The third-order valence-corrected chi connectivity index (χ3v) is 2.76. The fourth-order valence-electron chi connectivity index (χ4n) is 1.70. The van der Waals surface area contributed by atoms with Crippen LogP contribution in [-0.4, -0.2) is 17.1 Å². The summed E-state index contributed by atoms with van der Waals surface area (Å²) in [7, 11) is 0. The summed E-state index contributed by atoms with van der Waals surface area (Å²) < 4.78 is 13.6. The van der Waals surface area contributed by atoms with Crippen LogP contribution < -0.4 is 10.6 Å². The van der Waals surface area contributed by atoms with E-state index in [9.17, 15) is 14.0 Å². The highest BCUT2D eigenvalue weighted by Gasteiger charge is 2.08. The van der Waals surface area contributed by atoms with Gasteiger partial charge in [0.25, 0.3) is 0 Å². The molecule has 0 fully saturated rings. The molecule has 0 aliphatic carbocycles. The first-order chi connectivity index (χ1) is 9.95. The number of urea groups is 1. The summed E-state index contributed by atoms with van der Waals surface area (Å²) in [5, 5.41) is 13.6. The lowest BCUT2D eigenvalue weighted by Gasteiger charge is -2.09. The number of nitrogens with one attached hydrogen (secondary N) is 2. The molecule has 0 unspecified atom stereocenters. The predicted molar refractivity (Wildman–Crippen MR) is 77.2 cm³/mol. The monoisotopic (exact) mass is 288 g/mol. The van der Waals surface area contributed by atoms with Crippen molar-refractivity contribution in [2.45, 2.75) is 6.92 Å². The van der Waals surface area contributed by atoms with Crippen molar-refractivity contribution in [3.8, 4) is 0 Å². The summed E-state index contributed by atoms with van der Waals surface area (Å²) in [6.07, 6.45) is 0. The number of amides is 2. The number of hydrogen-bond acceptors (Lipinski definition) is 2. The number of aryl methyl sites for hydroxylation is 1. The zero-order chi connectivity index (χ0) is 15.4. The van der Waals surface area contributed by atoms with Crippen LogP contribution in [0, 0.1) is 12.7 Å². The normalized spacial score (nSPS) is 10.0. The van der Waals surface area contributed by atoms with Gasteiger partial charge in [-0.1, -0.05) is 6.07 Å². The van der Waals surface area contributed by atoms with Crippen LogP contribution >= 0.6 is 0 Å². The van der Waals surface area contributed by atoms with Crippen LogP contribution in [0.15, 0.2) is 42.5 Å². The summed E-state index contributed by atoms with van der Waals surface area (Å²) in [5.41, 5.74) is 1.35. The molecule has 0 aliphatic rings. The van der Waals surface area contributed by atoms with E-state index in [2.05, 4.69) is 10.6 Å². The Bertz CT molecular complexity index is 684. The lowest BCUT2D eigenvalue weighted by atomic mass is 10.2. The summed E-state index contributed by atoms with van der Waals surface area (Å²) in [6, 6.07) is 9.49. The minimum Gasteiger partial charge on any atom is -0.478 e. The summed E-state index contributed by atoms with van der Waals surface area (Å²) in [5.74, 6) is -1.57. The first-order valence-corrected chi connectivity index (χ1v) is 6.13.